The summed E-state index contributed by atoms with van der Waals surface area (Å²) in [5.41, 5.74) is 0.842. The first-order valence-corrected chi connectivity index (χ1v) is 5.35. The molecule has 1 atom stereocenters. The Morgan fingerprint density at radius 3 is 2.82 bits per heavy atom. The Kier molecular flexibility index (Phi) is 4.30. The van der Waals surface area contributed by atoms with Gasteiger partial charge < -0.3 is 9.52 Å². The van der Waals surface area contributed by atoms with Crippen molar-refractivity contribution in [1.82, 2.24) is 4.90 Å². The van der Waals surface area contributed by atoms with E-state index in [1.165, 1.54) is 6.07 Å². The molecular weight excluding hydrogens is 220 g/mol. The summed E-state index contributed by atoms with van der Waals surface area (Å²) in [6.45, 7) is 4.27. The first kappa shape index (κ1) is 13.3. The molecule has 5 heteroatoms. The summed E-state index contributed by atoms with van der Waals surface area (Å²) in [4.78, 5) is 12.7. The van der Waals surface area contributed by atoms with Gasteiger partial charge in [-0.05, 0) is 27.0 Å². The minimum Gasteiger partial charge on any atom is -0.475 e. The lowest BCUT2D eigenvalue weighted by Gasteiger charge is -2.21. The van der Waals surface area contributed by atoms with Crippen molar-refractivity contribution in [2.75, 3.05) is 7.05 Å². The van der Waals surface area contributed by atoms with Crippen molar-refractivity contribution in [2.45, 2.75) is 32.9 Å². The van der Waals surface area contributed by atoms with Crippen LogP contribution in [0.3, 0.4) is 0 Å². The van der Waals surface area contributed by atoms with Crippen molar-refractivity contribution in [2.24, 2.45) is 0 Å². The van der Waals surface area contributed by atoms with E-state index in [2.05, 4.69) is 6.07 Å². The van der Waals surface area contributed by atoms with Crippen molar-refractivity contribution < 1.29 is 14.3 Å². The highest BCUT2D eigenvalue weighted by molar-refractivity contribution is 5.84. The van der Waals surface area contributed by atoms with Crippen LogP contribution in [-0.4, -0.2) is 29.1 Å². The van der Waals surface area contributed by atoms with Gasteiger partial charge in [0.15, 0.2) is 0 Å². The number of hydrogen-bond donors (Lipinski definition) is 1. The van der Waals surface area contributed by atoms with Gasteiger partial charge in [0.25, 0.3) is 0 Å². The van der Waals surface area contributed by atoms with Crippen LogP contribution in [0.4, 0.5) is 0 Å². The molecule has 0 saturated carbocycles. The fourth-order valence-electron chi connectivity index (χ4n) is 1.49. The smallest absolute Gasteiger partial charge is 0.371 e. The maximum atomic E-state index is 10.7. The summed E-state index contributed by atoms with van der Waals surface area (Å²) < 4.78 is 5.13. The lowest BCUT2D eigenvalue weighted by atomic mass is 10.2. The van der Waals surface area contributed by atoms with Crippen LogP contribution in [0.5, 0.6) is 0 Å². The highest BCUT2D eigenvalue weighted by atomic mass is 16.4. The van der Waals surface area contributed by atoms with Crippen molar-refractivity contribution in [1.29, 1.82) is 5.26 Å². The molecule has 0 bridgehead atoms. The van der Waals surface area contributed by atoms with Gasteiger partial charge in [-0.3, -0.25) is 4.90 Å². The van der Waals surface area contributed by atoms with E-state index in [0.29, 0.717) is 18.7 Å². The summed E-state index contributed by atoms with van der Waals surface area (Å²) in [5, 5.41) is 17.4. The van der Waals surface area contributed by atoms with Crippen LogP contribution in [-0.2, 0) is 6.54 Å². The Balaban J connectivity index is 2.75. The standard InChI is InChI=1S/C12H16N2O3/c1-8(4-5-13)14(3)7-10-6-11(12(15)16)17-9(10)2/h6,8H,4,7H2,1-3H3,(H,15,16). The number of rotatable bonds is 5. The van der Waals surface area contributed by atoms with E-state index in [4.69, 9.17) is 14.8 Å². The van der Waals surface area contributed by atoms with Gasteiger partial charge in [0.2, 0.25) is 5.76 Å². The Labute approximate surface area is 100 Å². The third kappa shape index (κ3) is 3.33. The summed E-state index contributed by atoms with van der Waals surface area (Å²) in [7, 11) is 1.90. The first-order valence-electron chi connectivity index (χ1n) is 5.35. The maximum Gasteiger partial charge on any atom is 0.371 e. The van der Waals surface area contributed by atoms with Gasteiger partial charge in [0.05, 0.1) is 12.5 Å². The topological polar surface area (TPSA) is 77.5 Å². The molecule has 1 aromatic rings. The predicted molar refractivity (Wildman–Crippen MR) is 61.6 cm³/mol. The molecule has 0 aliphatic heterocycles. The van der Waals surface area contributed by atoms with Crippen LogP contribution in [0.25, 0.3) is 0 Å². The molecule has 0 radical (unpaired) electrons. The maximum absolute atomic E-state index is 10.7. The normalized spacial score (nSPS) is 12.4. The second kappa shape index (κ2) is 5.51. The van der Waals surface area contributed by atoms with Crippen molar-refractivity contribution >= 4 is 5.97 Å². The summed E-state index contributed by atoms with van der Waals surface area (Å²) >= 11 is 0. The quantitative estimate of drug-likeness (QED) is 0.846. The summed E-state index contributed by atoms with van der Waals surface area (Å²) in [6.07, 6.45) is 0.444. The number of aryl methyl sites for hydroxylation is 1. The zero-order valence-electron chi connectivity index (χ0n) is 10.2. The van der Waals surface area contributed by atoms with E-state index in [-0.39, 0.29) is 11.8 Å². The van der Waals surface area contributed by atoms with Crippen LogP contribution >= 0.6 is 0 Å². The van der Waals surface area contributed by atoms with E-state index in [1.807, 2.05) is 18.9 Å². The molecule has 0 fully saturated rings. The second-order valence-corrected chi connectivity index (χ2v) is 4.12. The van der Waals surface area contributed by atoms with Gasteiger partial charge >= 0.3 is 5.97 Å². The molecule has 0 aliphatic carbocycles. The SMILES string of the molecule is Cc1oc(C(=O)O)cc1CN(C)C(C)CC#N. The predicted octanol–water partition coefficient (Wildman–Crippen LogP) is 2.02. The van der Waals surface area contributed by atoms with Gasteiger partial charge in [-0.15, -0.1) is 0 Å². The molecule has 0 aromatic carbocycles. The van der Waals surface area contributed by atoms with Gasteiger partial charge in [-0.2, -0.15) is 5.26 Å². The van der Waals surface area contributed by atoms with E-state index in [1.54, 1.807) is 6.92 Å². The van der Waals surface area contributed by atoms with Crippen molar-refractivity contribution in [3.63, 3.8) is 0 Å². The van der Waals surface area contributed by atoms with Crippen LogP contribution in [0.2, 0.25) is 0 Å². The highest BCUT2D eigenvalue weighted by Crippen LogP contribution is 2.17. The lowest BCUT2D eigenvalue weighted by Crippen LogP contribution is -2.28. The third-order valence-electron chi connectivity index (χ3n) is 2.79. The molecule has 1 aromatic heterocycles. The molecule has 0 spiro atoms. The van der Waals surface area contributed by atoms with Crippen LogP contribution in [0.15, 0.2) is 10.5 Å². The summed E-state index contributed by atoms with van der Waals surface area (Å²) in [5.74, 6) is -0.496. The van der Waals surface area contributed by atoms with Crippen molar-refractivity contribution in [3.05, 3.63) is 23.2 Å². The molecule has 17 heavy (non-hydrogen) atoms. The molecule has 0 saturated heterocycles. The van der Waals surface area contributed by atoms with Gasteiger partial charge in [-0.1, -0.05) is 0 Å². The molecule has 5 nitrogen and oxygen atoms in total. The number of nitrogens with zero attached hydrogens (tertiary/aromatic N) is 2. The molecule has 1 unspecified atom stereocenters. The van der Waals surface area contributed by atoms with Crippen LogP contribution in [0.1, 0.15) is 35.2 Å². The lowest BCUT2D eigenvalue weighted by molar-refractivity contribution is 0.0661. The number of furan rings is 1. The molecule has 92 valence electrons. The van der Waals surface area contributed by atoms with Gasteiger partial charge in [0, 0.05) is 18.2 Å². The van der Waals surface area contributed by atoms with E-state index in [9.17, 15) is 4.79 Å². The second-order valence-electron chi connectivity index (χ2n) is 4.12. The van der Waals surface area contributed by atoms with Crippen LogP contribution in [0, 0.1) is 18.3 Å². The number of hydrogen-bond acceptors (Lipinski definition) is 4. The number of nitriles is 1. The molecular formula is C12H16N2O3. The Bertz CT molecular complexity index is 445. The first-order chi connectivity index (χ1) is 7.95. The number of carboxylic acids is 1. The fraction of sp³-hybridized carbons (Fsp3) is 0.500. The largest absolute Gasteiger partial charge is 0.475 e. The highest BCUT2D eigenvalue weighted by Gasteiger charge is 2.16. The summed E-state index contributed by atoms with van der Waals surface area (Å²) in [6, 6.07) is 3.78. The minimum absolute atomic E-state index is 0.0427. The molecule has 1 N–H and O–H groups in total. The van der Waals surface area contributed by atoms with E-state index >= 15 is 0 Å². The van der Waals surface area contributed by atoms with E-state index in [0.717, 1.165) is 5.56 Å². The van der Waals surface area contributed by atoms with Crippen LogP contribution < -0.4 is 0 Å². The fourth-order valence-corrected chi connectivity index (χ4v) is 1.49. The zero-order valence-corrected chi connectivity index (χ0v) is 10.2. The minimum atomic E-state index is -1.06. The van der Waals surface area contributed by atoms with E-state index < -0.39 is 5.97 Å². The average Bonchev–Trinajstić information content (AvgIpc) is 2.61. The average molecular weight is 236 g/mol. The molecule has 0 amide bonds. The zero-order chi connectivity index (χ0) is 13.0. The molecule has 1 heterocycles. The Hall–Kier alpha value is -1.80. The third-order valence-corrected chi connectivity index (χ3v) is 2.79. The Morgan fingerprint density at radius 1 is 1.71 bits per heavy atom. The number of carbonyl (C=O) groups is 1. The monoisotopic (exact) mass is 236 g/mol. The molecule has 0 aliphatic rings. The number of carboxylic acid groups (broad SMARTS) is 1. The van der Waals surface area contributed by atoms with Gasteiger partial charge in [-0.25, -0.2) is 4.79 Å². The Morgan fingerprint density at radius 2 is 2.35 bits per heavy atom. The molecule has 1 rings (SSSR count). The van der Waals surface area contributed by atoms with Gasteiger partial charge in [0.1, 0.15) is 5.76 Å². The number of aromatic carboxylic acids is 1. The van der Waals surface area contributed by atoms with Crippen molar-refractivity contribution in [3.8, 4) is 6.07 Å².